The maximum atomic E-state index is 12.3. The number of benzene rings is 2. The van der Waals surface area contributed by atoms with Crippen LogP contribution in [-0.4, -0.2) is 40.2 Å². The highest BCUT2D eigenvalue weighted by atomic mass is 16.7. The number of fused-ring (bicyclic) bond motifs is 1. The summed E-state index contributed by atoms with van der Waals surface area (Å²) in [4.78, 5) is 12.3. The van der Waals surface area contributed by atoms with E-state index >= 15 is 0 Å². The summed E-state index contributed by atoms with van der Waals surface area (Å²) < 4.78 is 26.3. The molecule has 8 nitrogen and oxygen atoms in total. The number of carbonyl (C=O) groups excluding carboxylic acids is 1. The molecule has 136 valence electrons. The van der Waals surface area contributed by atoms with Gasteiger partial charge in [-0.1, -0.05) is 0 Å². The van der Waals surface area contributed by atoms with Crippen molar-refractivity contribution in [3.8, 4) is 28.7 Å². The smallest absolute Gasteiger partial charge is 0.271 e. The number of hydrogen-bond donors (Lipinski definition) is 1. The quantitative estimate of drug-likeness (QED) is 0.629. The summed E-state index contributed by atoms with van der Waals surface area (Å²) in [6.45, 7) is 0.140. The van der Waals surface area contributed by atoms with Crippen molar-refractivity contribution in [2.75, 3.05) is 28.1 Å². The van der Waals surface area contributed by atoms with Gasteiger partial charge in [-0.15, -0.1) is 0 Å². The zero-order valence-electron chi connectivity index (χ0n) is 14.6. The second-order valence-corrected chi connectivity index (χ2v) is 5.26. The molecule has 1 heterocycles. The Morgan fingerprint density at radius 1 is 1.04 bits per heavy atom. The van der Waals surface area contributed by atoms with Gasteiger partial charge in [0.25, 0.3) is 5.91 Å². The first-order valence-electron chi connectivity index (χ1n) is 7.68. The van der Waals surface area contributed by atoms with Crippen LogP contribution in [0.3, 0.4) is 0 Å². The lowest BCUT2D eigenvalue weighted by atomic mass is 10.2. The predicted octanol–water partition coefficient (Wildman–Crippen LogP) is 2.21. The van der Waals surface area contributed by atoms with Gasteiger partial charge in [-0.25, -0.2) is 5.43 Å². The Bertz CT molecular complexity index is 828. The molecule has 1 aliphatic heterocycles. The third kappa shape index (κ3) is 3.64. The van der Waals surface area contributed by atoms with Gasteiger partial charge >= 0.3 is 0 Å². The number of nitrogens with zero attached hydrogens (tertiary/aromatic N) is 1. The summed E-state index contributed by atoms with van der Waals surface area (Å²) in [5.41, 5.74) is 3.51. The van der Waals surface area contributed by atoms with Crippen LogP contribution >= 0.6 is 0 Å². The van der Waals surface area contributed by atoms with Crippen molar-refractivity contribution < 1.29 is 28.5 Å². The maximum absolute atomic E-state index is 12.3. The Hall–Kier alpha value is -3.42. The Morgan fingerprint density at radius 2 is 1.77 bits per heavy atom. The zero-order valence-corrected chi connectivity index (χ0v) is 14.6. The lowest BCUT2D eigenvalue weighted by Gasteiger charge is -2.07. The molecule has 0 bridgehead atoms. The van der Waals surface area contributed by atoms with Crippen LogP contribution in [0.5, 0.6) is 28.7 Å². The maximum Gasteiger partial charge on any atom is 0.271 e. The molecule has 2 aromatic rings. The first-order chi connectivity index (χ1) is 12.6. The Kier molecular flexibility index (Phi) is 5.12. The molecule has 8 heteroatoms. The van der Waals surface area contributed by atoms with Gasteiger partial charge < -0.3 is 23.7 Å². The summed E-state index contributed by atoms with van der Waals surface area (Å²) in [5, 5.41) is 3.97. The fourth-order valence-corrected chi connectivity index (χ4v) is 2.39. The van der Waals surface area contributed by atoms with Crippen molar-refractivity contribution in [1.29, 1.82) is 0 Å². The van der Waals surface area contributed by atoms with Crippen molar-refractivity contribution in [1.82, 2.24) is 5.43 Å². The second-order valence-electron chi connectivity index (χ2n) is 5.26. The fourth-order valence-electron chi connectivity index (χ4n) is 2.39. The number of nitrogens with one attached hydrogen (secondary N) is 1. The normalized spacial score (nSPS) is 12.1. The van der Waals surface area contributed by atoms with E-state index in [1.807, 2.05) is 0 Å². The molecule has 0 fully saturated rings. The Balaban J connectivity index is 1.74. The molecule has 1 aliphatic rings. The standard InChI is InChI=1S/C18H18N2O6/c1-22-13-6-12(7-14(8-13)23-2)18(21)20-19-9-11-4-15(24-3)17-16(5-11)25-10-26-17/h4-9H,10H2,1-3H3,(H,20,21)/b19-9-. The van der Waals surface area contributed by atoms with Crippen LogP contribution in [0.25, 0.3) is 0 Å². The lowest BCUT2D eigenvalue weighted by molar-refractivity contribution is 0.0954. The van der Waals surface area contributed by atoms with Crippen LogP contribution in [0.2, 0.25) is 0 Å². The Morgan fingerprint density at radius 3 is 2.42 bits per heavy atom. The molecule has 2 aromatic carbocycles. The Labute approximate surface area is 150 Å². The molecule has 0 radical (unpaired) electrons. The molecule has 1 amide bonds. The first-order valence-corrected chi connectivity index (χ1v) is 7.68. The average molecular weight is 358 g/mol. The summed E-state index contributed by atoms with van der Waals surface area (Å²) in [7, 11) is 4.57. The summed E-state index contributed by atoms with van der Waals surface area (Å²) >= 11 is 0. The van der Waals surface area contributed by atoms with Crippen LogP contribution in [0.4, 0.5) is 0 Å². The highest BCUT2D eigenvalue weighted by molar-refractivity contribution is 5.95. The van der Waals surface area contributed by atoms with Crippen LogP contribution in [-0.2, 0) is 0 Å². The minimum Gasteiger partial charge on any atom is -0.497 e. The van der Waals surface area contributed by atoms with Gasteiger partial charge in [0.2, 0.25) is 12.5 Å². The summed E-state index contributed by atoms with van der Waals surface area (Å²) in [6, 6.07) is 8.35. The van der Waals surface area contributed by atoms with E-state index in [4.69, 9.17) is 23.7 Å². The number of amides is 1. The van der Waals surface area contributed by atoms with Crippen LogP contribution in [0.15, 0.2) is 35.4 Å². The van der Waals surface area contributed by atoms with Crippen molar-refractivity contribution >= 4 is 12.1 Å². The van der Waals surface area contributed by atoms with E-state index < -0.39 is 5.91 Å². The topological polar surface area (TPSA) is 87.6 Å². The second kappa shape index (κ2) is 7.64. The minimum atomic E-state index is -0.397. The van der Waals surface area contributed by atoms with Gasteiger partial charge in [0.1, 0.15) is 11.5 Å². The summed E-state index contributed by atoms with van der Waals surface area (Å²) in [5.74, 6) is 2.28. The van der Waals surface area contributed by atoms with E-state index in [-0.39, 0.29) is 6.79 Å². The first kappa shape index (κ1) is 17.4. The van der Waals surface area contributed by atoms with E-state index in [1.165, 1.54) is 27.5 Å². The predicted molar refractivity (Wildman–Crippen MR) is 93.7 cm³/mol. The summed E-state index contributed by atoms with van der Waals surface area (Å²) in [6.07, 6.45) is 1.49. The highest BCUT2D eigenvalue weighted by Gasteiger charge is 2.19. The minimum absolute atomic E-state index is 0.140. The van der Waals surface area contributed by atoms with Crippen molar-refractivity contribution in [2.45, 2.75) is 0 Å². The van der Waals surface area contributed by atoms with Gasteiger partial charge in [-0.3, -0.25) is 4.79 Å². The van der Waals surface area contributed by atoms with Crippen LogP contribution in [0, 0.1) is 0 Å². The molecule has 3 rings (SSSR count). The van der Waals surface area contributed by atoms with Crippen molar-refractivity contribution in [3.05, 3.63) is 41.5 Å². The number of rotatable bonds is 6. The van der Waals surface area contributed by atoms with E-state index in [0.717, 1.165) is 0 Å². The van der Waals surface area contributed by atoms with E-state index in [0.29, 0.717) is 39.9 Å². The molecule has 0 spiro atoms. The van der Waals surface area contributed by atoms with Gasteiger partial charge in [-0.2, -0.15) is 5.10 Å². The third-order valence-corrected chi connectivity index (χ3v) is 3.67. The van der Waals surface area contributed by atoms with Gasteiger partial charge in [-0.05, 0) is 24.3 Å². The molecule has 0 saturated carbocycles. The monoisotopic (exact) mass is 358 g/mol. The van der Waals surface area contributed by atoms with Gasteiger partial charge in [0, 0.05) is 17.2 Å². The molecule has 26 heavy (non-hydrogen) atoms. The number of methoxy groups -OCH3 is 3. The van der Waals surface area contributed by atoms with Gasteiger partial charge in [0.05, 0.1) is 27.5 Å². The zero-order chi connectivity index (χ0) is 18.5. The van der Waals surface area contributed by atoms with E-state index in [1.54, 1.807) is 30.3 Å². The fraction of sp³-hybridized carbons (Fsp3) is 0.222. The van der Waals surface area contributed by atoms with E-state index in [9.17, 15) is 4.79 Å². The molecule has 0 atom stereocenters. The molecule has 1 N–H and O–H groups in total. The molecular formula is C18H18N2O6. The molecule has 0 unspecified atom stereocenters. The van der Waals surface area contributed by atoms with Crippen LogP contribution in [0.1, 0.15) is 15.9 Å². The van der Waals surface area contributed by atoms with Crippen LogP contribution < -0.4 is 29.1 Å². The van der Waals surface area contributed by atoms with Crippen molar-refractivity contribution in [3.63, 3.8) is 0 Å². The number of hydrazone groups is 1. The number of carbonyl (C=O) groups is 1. The van der Waals surface area contributed by atoms with Crippen molar-refractivity contribution in [2.24, 2.45) is 5.10 Å². The molecule has 0 aromatic heterocycles. The van der Waals surface area contributed by atoms with E-state index in [2.05, 4.69) is 10.5 Å². The average Bonchev–Trinajstić information content (AvgIpc) is 3.15. The molecular weight excluding hydrogens is 340 g/mol. The lowest BCUT2D eigenvalue weighted by Crippen LogP contribution is -2.17. The SMILES string of the molecule is COc1cc(OC)cc(C(=O)N/N=C\c2cc(OC)c3c(c2)OCO3)c1. The molecule has 0 saturated heterocycles. The highest BCUT2D eigenvalue weighted by Crippen LogP contribution is 2.41. The van der Waals surface area contributed by atoms with Gasteiger partial charge in [0.15, 0.2) is 11.5 Å². The number of ether oxygens (including phenoxy) is 5. The number of hydrogen-bond acceptors (Lipinski definition) is 7. The largest absolute Gasteiger partial charge is 0.497 e. The third-order valence-electron chi connectivity index (χ3n) is 3.67. The molecule has 0 aliphatic carbocycles.